The number of hydrogen-bond acceptors (Lipinski definition) is 3. The molecule has 1 aromatic carbocycles. The van der Waals surface area contributed by atoms with Gasteiger partial charge in [-0.05, 0) is 24.3 Å². The predicted octanol–water partition coefficient (Wildman–Crippen LogP) is 0.856. The molecule has 1 aliphatic heterocycles. The van der Waals surface area contributed by atoms with Gasteiger partial charge in [-0.25, -0.2) is 4.79 Å². The normalized spacial score (nSPS) is 15.5. The van der Waals surface area contributed by atoms with E-state index in [0.29, 0.717) is 18.7 Å². The van der Waals surface area contributed by atoms with E-state index in [1.807, 2.05) is 0 Å². The van der Waals surface area contributed by atoms with Crippen LogP contribution in [0.2, 0.25) is 0 Å². The van der Waals surface area contributed by atoms with Crippen molar-refractivity contribution in [2.24, 2.45) is 0 Å². The third kappa shape index (κ3) is 2.29. The first-order chi connectivity index (χ1) is 8.11. The highest BCUT2D eigenvalue weighted by molar-refractivity contribution is 5.96. The summed E-state index contributed by atoms with van der Waals surface area (Å²) in [7, 11) is 1.62. The third-order valence-electron chi connectivity index (χ3n) is 2.85. The summed E-state index contributed by atoms with van der Waals surface area (Å²) in [4.78, 5) is 24.2. The van der Waals surface area contributed by atoms with E-state index in [9.17, 15) is 9.59 Å². The highest BCUT2D eigenvalue weighted by atomic mass is 16.5. The molecule has 0 unspecified atom stereocenters. The number of rotatable bonds is 3. The summed E-state index contributed by atoms with van der Waals surface area (Å²) in [6.07, 6.45) is 0.122. The summed E-state index contributed by atoms with van der Waals surface area (Å²) in [6, 6.07) is 5.93. The second-order valence-corrected chi connectivity index (χ2v) is 3.95. The molecule has 1 aromatic rings. The molecule has 2 rings (SSSR count). The quantitative estimate of drug-likeness (QED) is 0.843. The Kier molecular flexibility index (Phi) is 3.10. The van der Waals surface area contributed by atoms with Crippen LogP contribution in [0.5, 0.6) is 0 Å². The monoisotopic (exact) mass is 235 g/mol. The minimum absolute atomic E-state index is 0.0877. The lowest BCUT2D eigenvalue weighted by molar-refractivity contribution is -0.0191. The number of nitrogens with zero attached hydrogens (tertiary/aromatic N) is 1. The molecule has 17 heavy (non-hydrogen) atoms. The number of carbonyl (C=O) groups excluding carboxylic acids is 1. The average molecular weight is 235 g/mol. The van der Waals surface area contributed by atoms with Crippen LogP contribution in [0, 0.1) is 0 Å². The largest absolute Gasteiger partial charge is 0.478 e. The Morgan fingerprint density at radius 3 is 2.24 bits per heavy atom. The molecule has 1 fully saturated rings. The van der Waals surface area contributed by atoms with Crippen LogP contribution in [0.1, 0.15) is 20.7 Å². The van der Waals surface area contributed by atoms with Crippen molar-refractivity contribution in [2.45, 2.75) is 6.10 Å². The van der Waals surface area contributed by atoms with Gasteiger partial charge in [0.15, 0.2) is 0 Å². The zero-order valence-corrected chi connectivity index (χ0v) is 9.42. The zero-order chi connectivity index (χ0) is 12.4. The molecule has 0 spiro atoms. The Morgan fingerprint density at radius 2 is 1.76 bits per heavy atom. The third-order valence-corrected chi connectivity index (χ3v) is 2.85. The van der Waals surface area contributed by atoms with E-state index >= 15 is 0 Å². The second kappa shape index (κ2) is 4.55. The van der Waals surface area contributed by atoms with Crippen molar-refractivity contribution in [1.82, 2.24) is 4.90 Å². The number of ether oxygens (including phenoxy) is 1. The van der Waals surface area contributed by atoms with Crippen molar-refractivity contribution in [3.05, 3.63) is 35.4 Å². The minimum atomic E-state index is -0.993. The molecular weight excluding hydrogens is 222 g/mol. The Bertz CT molecular complexity index is 434. The Morgan fingerprint density at radius 1 is 1.24 bits per heavy atom. The number of carbonyl (C=O) groups is 2. The summed E-state index contributed by atoms with van der Waals surface area (Å²) in [5.74, 6) is -1.08. The summed E-state index contributed by atoms with van der Waals surface area (Å²) >= 11 is 0. The highest BCUT2D eigenvalue weighted by Gasteiger charge is 2.30. The molecule has 0 aromatic heterocycles. The maximum absolute atomic E-state index is 11.9. The van der Waals surface area contributed by atoms with Crippen LogP contribution >= 0.6 is 0 Å². The molecule has 5 nitrogen and oxygen atoms in total. The van der Waals surface area contributed by atoms with Crippen molar-refractivity contribution >= 4 is 11.9 Å². The summed E-state index contributed by atoms with van der Waals surface area (Å²) in [6.45, 7) is 1.19. The van der Waals surface area contributed by atoms with Gasteiger partial charge in [-0.3, -0.25) is 4.79 Å². The number of benzene rings is 1. The molecule has 1 aliphatic rings. The Balaban J connectivity index is 2.03. The van der Waals surface area contributed by atoms with Crippen LogP contribution in [0.4, 0.5) is 0 Å². The molecule has 0 bridgehead atoms. The van der Waals surface area contributed by atoms with Gasteiger partial charge in [0.2, 0.25) is 0 Å². The fourth-order valence-electron chi connectivity index (χ4n) is 1.69. The minimum Gasteiger partial charge on any atom is -0.478 e. The highest BCUT2D eigenvalue weighted by Crippen LogP contribution is 2.15. The topological polar surface area (TPSA) is 66.8 Å². The van der Waals surface area contributed by atoms with Crippen LogP contribution in [0.3, 0.4) is 0 Å². The van der Waals surface area contributed by atoms with Crippen LogP contribution in [-0.2, 0) is 4.74 Å². The molecule has 90 valence electrons. The van der Waals surface area contributed by atoms with Crippen molar-refractivity contribution in [3.8, 4) is 0 Å². The fourth-order valence-corrected chi connectivity index (χ4v) is 1.69. The molecule has 1 saturated heterocycles. The van der Waals surface area contributed by atoms with Gasteiger partial charge >= 0.3 is 5.97 Å². The molecule has 1 amide bonds. The average Bonchev–Trinajstić information content (AvgIpc) is 2.27. The van der Waals surface area contributed by atoms with E-state index in [4.69, 9.17) is 9.84 Å². The van der Waals surface area contributed by atoms with Crippen LogP contribution in [0.25, 0.3) is 0 Å². The van der Waals surface area contributed by atoms with Crippen molar-refractivity contribution < 1.29 is 19.4 Å². The standard InChI is InChI=1S/C12H13NO4/c1-17-10-6-13(7-10)11(14)8-2-4-9(5-3-8)12(15)16/h2-5,10H,6-7H2,1H3,(H,15,16). The van der Waals surface area contributed by atoms with Gasteiger partial charge in [0, 0.05) is 25.8 Å². The van der Waals surface area contributed by atoms with E-state index in [2.05, 4.69) is 0 Å². The first-order valence-corrected chi connectivity index (χ1v) is 5.27. The number of amides is 1. The van der Waals surface area contributed by atoms with Crippen molar-refractivity contribution in [1.29, 1.82) is 0 Å². The van der Waals surface area contributed by atoms with Crippen LogP contribution < -0.4 is 0 Å². The smallest absolute Gasteiger partial charge is 0.335 e. The van der Waals surface area contributed by atoms with E-state index in [-0.39, 0.29) is 17.6 Å². The maximum Gasteiger partial charge on any atom is 0.335 e. The van der Waals surface area contributed by atoms with Crippen molar-refractivity contribution in [2.75, 3.05) is 20.2 Å². The van der Waals surface area contributed by atoms with Gasteiger partial charge in [-0.15, -0.1) is 0 Å². The molecule has 0 atom stereocenters. The van der Waals surface area contributed by atoms with E-state index in [0.717, 1.165) is 0 Å². The fraction of sp³-hybridized carbons (Fsp3) is 0.333. The summed E-state index contributed by atoms with van der Waals surface area (Å²) < 4.78 is 5.08. The molecule has 5 heteroatoms. The molecule has 0 radical (unpaired) electrons. The van der Waals surface area contributed by atoms with Gasteiger partial charge < -0.3 is 14.7 Å². The SMILES string of the molecule is COC1CN(C(=O)c2ccc(C(=O)O)cc2)C1. The van der Waals surface area contributed by atoms with Gasteiger partial charge in [-0.2, -0.15) is 0 Å². The van der Waals surface area contributed by atoms with Crippen molar-refractivity contribution in [3.63, 3.8) is 0 Å². The molecule has 0 aliphatic carbocycles. The molecule has 1 heterocycles. The molecule has 1 N–H and O–H groups in total. The van der Waals surface area contributed by atoms with Gasteiger partial charge in [-0.1, -0.05) is 0 Å². The van der Waals surface area contributed by atoms with Gasteiger partial charge in [0.1, 0.15) is 0 Å². The second-order valence-electron chi connectivity index (χ2n) is 3.95. The zero-order valence-electron chi connectivity index (χ0n) is 9.42. The van der Waals surface area contributed by atoms with Crippen LogP contribution in [-0.4, -0.2) is 48.2 Å². The number of carboxylic acid groups (broad SMARTS) is 1. The lowest BCUT2D eigenvalue weighted by Crippen LogP contribution is -2.54. The predicted molar refractivity (Wildman–Crippen MR) is 60.1 cm³/mol. The Labute approximate surface area is 98.6 Å². The van der Waals surface area contributed by atoms with Gasteiger partial charge in [0.25, 0.3) is 5.91 Å². The lowest BCUT2D eigenvalue weighted by Gasteiger charge is -2.38. The van der Waals surface area contributed by atoms with E-state index in [1.54, 1.807) is 12.0 Å². The van der Waals surface area contributed by atoms with E-state index in [1.165, 1.54) is 24.3 Å². The van der Waals surface area contributed by atoms with Crippen LogP contribution in [0.15, 0.2) is 24.3 Å². The molecular formula is C12H13NO4. The number of aromatic carboxylic acids is 1. The number of methoxy groups -OCH3 is 1. The summed E-state index contributed by atoms with van der Waals surface area (Å²) in [5.41, 5.74) is 0.685. The number of hydrogen-bond donors (Lipinski definition) is 1. The first-order valence-electron chi connectivity index (χ1n) is 5.27. The number of likely N-dealkylation sites (tertiary alicyclic amines) is 1. The number of carboxylic acids is 1. The molecule has 0 saturated carbocycles. The lowest BCUT2D eigenvalue weighted by atomic mass is 10.1. The summed E-state index contributed by atoms with van der Waals surface area (Å²) in [5, 5.41) is 8.74. The first kappa shape index (κ1) is 11.6. The van der Waals surface area contributed by atoms with Gasteiger partial charge in [0.05, 0.1) is 11.7 Å². The Hall–Kier alpha value is -1.88. The van der Waals surface area contributed by atoms with E-state index < -0.39 is 5.97 Å². The maximum atomic E-state index is 11.9.